The summed E-state index contributed by atoms with van der Waals surface area (Å²) in [6, 6.07) is 4.17. The maximum atomic E-state index is 10.7. The number of rotatable bonds is 4. The van der Waals surface area contributed by atoms with Crippen molar-refractivity contribution in [1.82, 2.24) is 4.90 Å². The number of ether oxygens (including phenoxy) is 2. The highest BCUT2D eigenvalue weighted by Gasteiger charge is 2.26. The zero-order valence-corrected chi connectivity index (χ0v) is 16.3. The van der Waals surface area contributed by atoms with Gasteiger partial charge in [-0.3, -0.25) is 4.90 Å². The summed E-state index contributed by atoms with van der Waals surface area (Å²) in [7, 11) is 2.04. The molecule has 1 aromatic carbocycles. The van der Waals surface area contributed by atoms with E-state index in [2.05, 4.69) is 52.5 Å². The van der Waals surface area contributed by atoms with E-state index in [1.165, 1.54) is 11.1 Å². The van der Waals surface area contributed by atoms with E-state index in [4.69, 9.17) is 9.47 Å². The molecule has 0 spiro atoms. The molecule has 1 heterocycles. The fourth-order valence-electron chi connectivity index (χ4n) is 3.03. The minimum atomic E-state index is -0.163. The van der Waals surface area contributed by atoms with Crippen LogP contribution in [0.25, 0.3) is 0 Å². The standard InChI is InChI=1S/C20H33NO3/c1-19(2,3)14-10-16(20(4,5)6)15(17(22)11-14)12-21(7)13-18-23-8-9-24-18/h10-11,18,22H,8-9,12-13H2,1-7H3. The Kier molecular flexibility index (Phi) is 5.63. The van der Waals surface area contributed by atoms with Gasteiger partial charge in [0.25, 0.3) is 0 Å². The second-order valence-electron chi connectivity index (χ2n) is 8.89. The third-order valence-electron chi connectivity index (χ3n) is 4.48. The normalized spacial score (nSPS) is 17.0. The first-order valence-corrected chi connectivity index (χ1v) is 8.77. The van der Waals surface area contributed by atoms with Crippen LogP contribution in [0.1, 0.15) is 58.2 Å². The zero-order valence-electron chi connectivity index (χ0n) is 16.3. The number of nitrogens with zero attached hydrogens (tertiary/aromatic N) is 1. The van der Waals surface area contributed by atoms with Crippen LogP contribution in [-0.2, 0) is 26.8 Å². The van der Waals surface area contributed by atoms with Crippen molar-refractivity contribution in [3.8, 4) is 5.75 Å². The third-order valence-corrected chi connectivity index (χ3v) is 4.48. The largest absolute Gasteiger partial charge is 0.508 e. The number of phenols is 1. The minimum Gasteiger partial charge on any atom is -0.508 e. The Morgan fingerprint density at radius 1 is 1.04 bits per heavy atom. The Morgan fingerprint density at radius 3 is 2.12 bits per heavy atom. The molecular weight excluding hydrogens is 302 g/mol. The average molecular weight is 335 g/mol. The molecular formula is C20H33NO3. The summed E-state index contributed by atoms with van der Waals surface area (Å²) in [6.07, 6.45) is -0.163. The third kappa shape index (κ3) is 4.71. The molecule has 0 aromatic heterocycles. The summed E-state index contributed by atoms with van der Waals surface area (Å²) >= 11 is 0. The van der Waals surface area contributed by atoms with Crippen molar-refractivity contribution in [3.05, 3.63) is 28.8 Å². The lowest BCUT2D eigenvalue weighted by Crippen LogP contribution is -2.30. The zero-order chi connectivity index (χ0) is 18.1. The number of likely N-dealkylation sites (N-methyl/N-ethyl adjacent to an activating group) is 1. The van der Waals surface area contributed by atoms with Gasteiger partial charge in [-0.15, -0.1) is 0 Å². The van der Waals surface area contributed by atoms with Gasteiger partial charge in [0.15, 0.2) is 6.29 Å². The monoisotopic (exact) mass is 335 g/mol. The molecule has 0 amide bonds. The molecule has 0 saturated carbocycles. The Balaban J connectivity index is 2.30. The van der Waals surface area contributed by atoms with Crippen molar-refractivity contribution in [2.45, 2.75) is 65.2 Å². The molecule has 24 heavy (non-hydrogen) atoms. The lowest BCUT2D eigenvalue weighted by atomic mass is 9.78. The molecule has 0 aliphatic carbocycles. The van der Waals surface area contributed by atoms with Crippen LogP contribution >= 0.6 is 0 Å². The predicted molar refractivity (Wildman–Crippen MR) is 97.5 cm³/mol. The van der Waals surface area contributed by atoms with E-state index in [1.54, 1.807) is 0 Å². The van der Waals surface area contributed by atoms with Gasteiger partial charge in [0.2, 0.25) is 0 Å². The molecule has 1 fully saturated rings. The second kappa shape index (κ2) is 7.03. The Bertz CT molecular complexity index is 563. The first-order valence-electron chi connectivity index (χ1n) is 8.77. The first-order chi connectivity index (χ1) is 11.0. The van der Waals surface area contributed by atoms with Gasteiger partial charge in [-0.1, -0.05) is 47.6 Å². The summed E-state index contributed by atoms with van der Waals surface area (Å²) in [5.41, 5.74) is 3.34. The van der Waals surface area contributed by atoms with E-state index >= 15 is 0 Å². The van der Waals surface area contributed by atoms with Gasteiger partial charge in [0.05, 0.1) is 13.2 Å². The van der Waals surface area contributed by atoms with Crippen LogP contribution in [0.2, 0.25) is 0 Å². The molecule has 0 unspecified atom stereocenters. The van der Waals surface area contributed by atoms with Crippen LogP contribution in [0, 0.1) is 0 Å². The van der Waals surface area contributed by atoms with Gasteiger partial charge >= 0.3 is 0 Å². The fraction of sp³-hybridized carbons (Fsp3) is 0.700. The van der Waals surface area contributed by atoms with Crippen molar-refractivity contribution in [3.63, 3.8) is 0 Å². The molecule has 1 N–H and O–H groups in total. The molecule has 0 bridgehead atoms. The molecule has 0 radical (unpaired) electrons. The Hall–Kier alpha value is -1.10. The van der Waals surface area contributed by atoms with Gasteiger partial charge in [0, 0.05) is 18.7 Å². The number of phenolic OH excluding ortho intramolecular Hbond substituents is 1. The van der Waals surface area contributed by atoms with Crippen molar-refractivity contribution >= 4 is 0 Å². The average Bonchev–Trinajstić information content (AvgIpc) is 2.91. The van der Waals surface area contributed by atoms with Crippen LogP contribution in [0.3, 0.4) is 0 Å². The van der Waals surface area contributed by atoms with Gasteiger partial charge < -0.3 is 14.6 Å². The summed E-state index contributed by atoms with van der Waals surface area (Å²) in [5, 5.41) is 10.7. The number of hydrogen-bond acceptors (Lipinski definition) is 4. The topological polar surface area (TPSA) is 41.9 Å². The van der Waals surface area contributed by atoms with Crippen LogP contribution in [-0.4, -0.2) is 43.1 Å². The van der Waals surface area contributed by atoms with Crippen molar-refractivity contribution < 1.29 is 14.6 Å². The fourth-order valence-corrected chi connectivity index (χ4v) is 3.03. The van der Waals surface area contributed by atoms with E-state index in [0.717, 1.165) is 5.56 Å². The smallest absolute Gasteiger partial charge is 0.170 e. The quantitative estimate of drug-likeness (QED) is 0.909. The van der Waals surface area contributed by atoms with E-state index in [0.29, 0.717) is 32.1 Å². The number of aromatic hydroxyl groups is 1. The van der Waals surface area contributed by atoms with Crippen LogP contribution in [0.4, 0.5) is 0 Å². The molecule has 1 saturated heterocycles. The Morgan fingerprint density at radius 2 is 1.62 bits per heavy atom. The van der Waals surface area contributed by atoms with E-state index in [-0.39, 0.29) is 17.1 Å². The van der Waals surface area contributed by atoms with Crippen molar-refractivity contribution in [1.29, 1.82) is 0 Å². The van der Waals surface area contributed by atoms with Crippen molar-refractivity contribution in [2.75, 3.05) is 26.8 Å². The lowest BCUT2D eigenvalue weighted by Gasteiger charge is -2.30. The summed E-state index contributed by atoms with van der Waals surface area (Å²) < 4.78 is 11.1. The van der Waals surface area contributed by atoms with Gasteiger partial charge in [-0.2, -0.15) is 0 Å². The molecule has 1 aliphatic heterocycles. The SMILES string of the molecule is CN(Cc1c(O)cc(C(C)(C)C)cc1C(C)(C)C)CC1OCCO1. The summed E-state index contributed by atoms with van der Waals surface area (Å²) in [6.45, 7) is 15.8. The van der Waals surface area contributed by atoms with E-state index in [1.807, 2.05) is 13.1 Å². The predicted octanol–water partition coefficient (Wildman–Crippen LogP) is 3.79. The van der Waals surface area contributed by atoms with Crippen LogP contribution in [0.15, 0.2) is 12.1 Å². The van der Waals surface area contributed by atoms with Crippen molar-refractivity contribution in [2.24, 2.45) is 0 Å². The summed E-state index contributed by atoms with van der Waals surface area (Å²) in [4.78, 5) is 2.15. The second-order valence-corrected chi connectivity index (χ2v) is 8.89. The summed E-state index contributed by atoms with van der Waals surface area (Å²) in [5.74, 6) is 0.382. The maximum Gasteiger partial charge on any atom is 0.170 e. The molecule has 2 rings (SSSR count). The number of hydrogen-bond donors (Lipinski definition) is 1. The van der Waals surface area contributed by atoms with E-state index < -0.39 is 0 Å². The van der Waals surface area contributed by atoms with Gasteiger partial charge in [-0.25, -0.2) is 0 Å². The molecule has 136 valence electrons. The number of benzene rings is 1. The molecule has 1 aromatic rings. The first kappa shape index (κ1) is 19.2. The minimum absolute atomic E-state index is 0.00738. The molecule has 1 aliphatic rings. The van der Waals surface area contributed by atoms with Gasteiger partial charge in [-0.05, 0) is 35.1 Å². The van der Waals surface area contributed by atoms with Gasteiger partial charge in [0.1, 0.15) is 5.75 Å². The highest BCUT2D eigenvalue weighted by molar-refractivity contribution is 5.47. The molecule has 4 nitrogen and oxygen atoms in total. The molecule has 0 atom stereocenters. The molecule has 4 heteroatoms. The van der Waals surface area contributed by atoms with Crippen LogP contribution in [0.5, 0.6) is 5.75 Å². The highest BCUT2D eigenvalue weighted by atomic mass is 16.7. The highest BCUT2D eigenvalue weighted by Crippen LogP contribution is 2.37. The maximum absolute atomic E-state index is 10.7. The Labute approximate surface area is 146 Å². The van der Waals surface area contributed by atoms with E-state index in [9.17, 15) is 5.11 Å². The van der Waals surface area contributed by atoms with Crippen LogP contribution < -0.4 is 0 Å². The lowest BCUT2D eigenvalue weighted by molar-refractivity contribution is -0.0593.